The number of carboxylic acids is 1. The highest BCUT2D eigenvalue weighted by molar-refractivity contribution is 7.99. The number of carboxylic acid groups (broad SMARTS) is 1. The van der Waals surface area contributed by atoms with Crippen molar-refractivity contribution in [2.24, 2.45) is 0 Å². The number of amides is 1. The Hall–Kier alpha value is -2.29. The van der Waals surface area contributed by atoms with E-state index in [1.54, 1.807) is 34.9 Å². The number of carbonyl (C=O) groups is 2. The van der Waals surface area contributed by atoms with Crippen LogP contribution < -0.4 is 5.32 Å². The molecule has 9 heteroatoms. The number of para-hydroxylation sites is 2. The maximum Gasteiger partial charge on any atom is 0.305 e. The van der Waals surface area contributed by atoms with E-state index in [0.29, 0.717) is 18.0 Å². The molecule has 130 valence electrons. The van der Waals surface area contributed by atoms with Crippen LogP contribution in [0.1, 0.15) is 12.8 Å². The van der Waals surface area contributed by atoms with Crippen molar-refractivity contribution >= 4 is 35.0 Å². The van der Waals surface area contributed by atoms with E-state index in [0.717, 1.165) is 5.75 Å². The summed E-state index contributed by atoms with van der Waals surface area (Å²) in [6.07, 6.45) is 0.100. The van der Waals surface area contributed by atoms with E-state index >= 15 is 0 Å². The molecule has 1 unspecified atom stereocenters. The first kappa shape index (κ1) is 18.1. The molecule has 0 aromatic heterocycles. The number of thioether (sulfide) groups is 1. The van der Waals surface area contributed by atoms with E-state index in [1.807, 2.05) is 0 Å². The van der Waals surface area contributed by atoms with Crippen molar-refractivity contribution in [3.05, 3.63) is 34.4 Å². The monoisotopic (exact) mass is 353 g/mol. The summed E-state index contributed by atoms with van der Waals surface area (Å²) in [7, 11) is 0. The number of carbonyl (C=O) groups excluding carboxylic acids is 1. The lowest BCUT2D eigenvalue weighted by atomic mass is 10.1. The first-order valence-corrected chi connectivity index (χ1v) is 8.71. The van der Waals surface area contributed by atoms with Crippen LogP contribution in [0.4, 0.5) is 11.4 Å². The Morgan fingerprint density at radius 1 is 1.42 bits per heavy atom. The topological polar surface area (TPSA) is 113 Å². The third-order valence-electron chi connectivity index (χ3n) is 3.71. The summed E-state index contributed by atoms with van der Waals surface area (Å²) in [6, 6.07) is 5.96. The fourth-order valence-corrected chi connectivity index (χ4v) is 3.65. The van der Waals surface area contributed by atoms with Crippen LogP contribution in [0.15, 0.2) is 24.3 Å². The van der Waals surface area contributed by atoms with Crippen molar-refractivity contribution in [1.82, 2.24) is 4.90 Å². The number of nitrogens with zero attached hydrogens (tertiary/aromatic N) is 2. The Morgan fingerprint density at radius 3 is 2.88 bits per heavy atom. The van der Waals surface area contributed by atoms with Gasteiger partial charge in [-0.15, -0.1) is 0 Å². The minimum atomic E-state index is -0.918. The molecule has 2 rings (SSSR count). The van der Waals surface area contributed by atoms with Gasteiger partial charge in [0.15, 0.2) is 0 Å². The Balaban J connectivity index is 1.90. The zero-order chi connectivity index (χ0) is 17.5. The first-order chi connectivity index (χ1) is 11.5. The average Bonchev–Trinajstić information content (AvgIpc) is 2.55. The molecule has 1 atom stereocenters. The van der Waals surface area contributed by atoms with Crippen molar-refractivity contribution < 1.29 is 19.6 Å². The van der Waals surface area contributed by atoms with Crippen LogP contribution in [-0.2, 0) is 9.59 Å². The molecule has 2 N–H and O–H groups in total. The minimum Gasteiger partial charge on any atom is -0.481 e. The van der Waals surface area contributed by atoms with Crippen molar-refractivity contribution in [3.63, 3.8) is 0 Å². The highest BCUT2D eigenvalue weighted by atomic mass is 32.2. The molecule has 0 spiro atoms. The molecule has 1 heterocycles. The highest BCUT2D eigenvalue weighted by Crippen LogP contribution is 2.23. The quantitative estimate of drug-likeness (QED) is 0.568. The van der Waals surface area contributed by atoms with Crippen molar-refractivity contribution in [2.75, 3.05) is 29.9 Å². The van der Waals surface area contributed by atoms with E-state index in [4.69, 9.17) is 5.11 Å². The second-order valence-corrected chi connectivity index (χ2v) is 6.51. The van der Waals surface area contributed by atoms with E-state index in [2.05, 4.69) is 5.32 Å². The van der Waals surface area contributed by atoms with Gasteiger partial charge >= 0.3 is 5.97 Å². The second-order valence-electron chi connectivity index (χ2n) is 5.36. The second kappa shape index (κ2) is 8.53. The number of nitro groups is 1. The van der Waals surface area contributed by atoms with Crippen molar-refractivity contribution in [2.45, 2.75) is 18.9 Å². The molecule has 1 fully saturated rings. The molecule has 1 aliphatic heterocycles. The zero-order valence-electron chi connectivity index (χ0n) is 13.0. The number of nitrogens with one attached hydrogen (secondary N) is 1. The number of anilines is 1. The first-order valence-electron chi connectivity index (χ1n) is 7.55. The van der Waals surface area contributed by atoms with Gasteiger partial charge in [0.1, 0.15) is 5.69 Å². The van der Waals surface area contributed by atoms with Crippen LogP contribution in [0.5, 0.6) is 0 Å². The van der Waals surface area contributed by atoms with Crippen molar-refractivity contribution in [1.29, 1.82) is 0 Å². The average molecular weight is 353 g/mol. The smallest absolute Gasteiger partial charge is 0.305 e. The molecule has 1 amide bonds. The largest absolute Gasteiger partial charge is 0.481 e. The molecule has 0 aliphatic carbocycles. The Bertz CT molecular complexity index is 625. The standard InChI is InChI=1S/C15H19N3O5S/c19-14(17-7-8-24-10-11(17)9-15(20)21)5-6-16-12-3-1-2-4-13(12)18(22)23/h1-4,11,16H,5-10H2,(H,20,21). The van der Waals surface area contributed by atoms with E-state index in [9.17, 15) is 19.7 Å². The van der Waals surface area contributed by atoms with E-state index in [-0.39, 0.29) is 37.0 Å². The van der Waals surface area contributed by atoms with Gasteiger partial charge in [-0.05, 0) is 6.07 Å². The van der Waals surface area contributed by atoms with Gasteiger partial charge in [0.2, 0.25) is 5.91 Å². The molecular formula is C15H19N3O5S. The highest BCUT2D eigenvalue weighted by Gasteiger charge is 2.28. The van der Waals surface area contributed by atoms with Crippen LogP contribution >= 0.6 is 11.8 Å². The lowest BCUT2D eigenvalue weighted by Gasteiger charge is -2.34. The predicted octanol–water partition coefficient (Wildman–Crippen LogP) is 1.82. The van der Waals surface area contributed by atoms with Crippen LogP contribution in [0.3, 0.4) is 0 Å². The molecular weight excluding hydrogens is 334 g/mol. The molecule has 8 nitrogen and oxygen atoms in total. The van der Waals surface area contributed by atoms with Crippen LogP contribution in [0.2, 0.25) is 0 Å². The Labute approximate surface area is 143 Å². The normalized spacial score (nSPS) is 17.3. The summed E-state index contributed by atoms with van der Waals surface area (Å²) < 4.78 is 0. The van der Waals surface area contributed by atoms with Crippen LogP contribution in [-0.4, -0.2) is 57.4 Å². The zero-order valence-corrected chi connectivity index (χ0v) is 13.8. The summed E-state index contributed by atoms with van der Waals surface area (Å²) >= 11 is 1.64. The third kappa shape index (κ3) is 4.85. The van der Waals surface area contributed by atoms with Gasteiger partial charge in [-0.3, -0.25) is 19.7 Å². The molecule has 1 aromatic rings. The molecule has 24 heavy (non-hydrogen) atoms. The SMILES string of the molecule is O=C(O)CC1CSCCN1C(=O)CCNc1ccccc1[N+](=O)[O-]. The number of benzene rings is 1. The maximum atomic E-state index is 12.3. The summed E-state index contributed by atoms with van der Waals surface area (Å²) in [5.41, 5.74) is 0.328. The van der Waals surface area contributed by atoms with Crippen LogP contribution in [0.25, 0.3) is 0 Å². The van der Waals surface area contributed by atoms with Gasteiger partial charge in [-0.25, -0.2) is 0 Å². The summed E-state index contributed by atoms with van der Waals surface area (Å²) in [5.74, 6) is 0.362. The van der Waals surface area contributed by atoms with E-state index in [1.165, 1.54) is 6.07 Å². The third-order valence-corrected chi connectivity index (χ3v) is 4.80. The summed E-state index contributed by atoms with van der Waals surface area (Å²) in [4.78, 5) is 35.3. The molecule has 1 aromatic carbocycles. The van der Waals surface area contributed by atoms with E-state index < -0.39 is 10.9 Å². The van der Waals surface area contributed by atoms with Gasteiger partial charge in [-0.1, -0.05) is 12.1 Å². The Kier molecular flexibility index (Phi) is 6.42. The predicted molar refractivity (Wildman–Crippen MR) is 91.3 cm³/mol. The van der Waals surface area contributed by atoms with Crippen LogP contribution in [0, 0.1) is 10.1 Å². The summed E-state index contributed by atoms with van der Waals surface area (Å²) in [5, 5.41) is 22.8. The maximum absolute atomic E-state index is 12.3. The number of rotatable bonds is 7. The lowest BCUT2D eigenvalue weighted by molar-refractivity contribution is -0.384. The lowest BCUT2D eigenvalue weighted by Crippen LogP contribution is -2.47. The Morgan fingerprint density at radius 2 is 2.17 bits per heavy atom. The van der Waals surface area contributed by atoms with Crippen molar-refractivity contribution in [3.8, 4) is 0 Å². The number of aliphatic carboxylic acids is 1. The molecule has 1 aliphatic rings. The van der Waals surface area contributed by atoms with Gasteiger partial charge in [0, 0.05) is 37.1 Å². The molecule has 1 saturated heterocycles. The van der Waals surface area contributed by atoms with Gasteiger partial charge in [0.05, 0.1) is 17.4 Å². The fourth-order valence-electron chi connectivity index (χ4n) is 2.58. The fraction of sp³-hybridized carbons (Fsp3) is 0.467. The van der Waals surface area contributed by atoms with Gasteiger partial charge < -0.3 is 15.3 Å². The van der Waals surface area contributed by atoms with Gasteiger partial charge in [0.25, 0.3) is 5.69 Å². The number of hydrogen-bond donors (Lipinski definition) is 2. The number of nitro benzene ring substituents is 1. The van der Waals surface area contributed by atoms with Gasteiger partial charge in [-0.2, -0.15) is 11.8 Å². The summed E-state index contributed by atoms with van der Waals surface area (Å²) in [6.45, 7) is 0.792. The molecule has 0 bridgehead atoms. The molecule has 0 saturated carbocycles. The minimum absolute atomic E-state index is 0.0388. The molecule has 0 radical (unpaired) electrons. The number of hydrogen-bond acceptors (Lipinski definition) is 6.